The molecule has 3 aromatic rings. The van der Waals surface area contributed by atoms with Gasteiger partial charge in [0, 0.05) is 36.2 Å². The maximum Gasteiger partial charge on any atom is 0.138 e. The summed E-state index contributed by atoms with van der Waals surface area (Å²) < 4.78 is 6.22. The molecule has 0 aliphatic heterocycles. The van der Waals surface area contributed by atoms with E-state index in [4.69, 9.17) is 22.1 Å². The Morgan fingerprint density at radius 3 is 2.46 bits per heavy atom. The van der Waals surface area contributed by atoms with Crippen molar-refractivity contribution in [3.63, 3.8) is 0 Å². The van der Waals surface area contributed by atoms with Crippen LogP contribution in [0.3, 0.4) is 0 Å². The van der Waals surface area contributed by atoms with Gasteiger partial charge in [0.1, 0.15) is 5.75 Å². The molecule has 5 heteroatoms. The van der Waals surface area contributed by atoms with Crippen LogP contribution < -0.4 is 10.5 Å². The van der Waals surface area contributed by atoms with Gasteiger partial charge in [0.15, 0.2) is 0 Å². The van der Waals surface area contributed by atoms with Gasteiger partial charge >= 0.3 is 0 Å². The van der Waals surface area contributed by atoms with Crippen LogP contribution in [0.5, 0.6) is 5.75 Å². The highest BCUT2D eigenvalue weighted by atomic mass is 35.5. The van der Waals surface area contributed by atoms with Crippen molar-refractivity contribution in [3.05, 3.63) is 65.7 Å². The number of nitrogens with two attached hydrogens (primary N) is 1. The lowest BCUT2D eigenvalue weighted by atomic mass is 9.80. The van der Waals surface area contributed by atoms with Crippen LogP contribution in [0.1, 0.15) is 37.3 Å². The maximum atomic E-state index is 6.46. The first kappa shape index (κ1) is 17.3. The number of rotatable bonds is 4. The van der Waals surface area contributed by atoms with E-state index in [1.54, 1.807) is 18.6 Å². The molecular weight excluding hydrogens is 346 g/mol. The molecule has 0 amide bonds. The van der Waals surface area contributed by atoms with Crippen LogP contribution in [0.2, 0.25) is 5.02 Å². The number of pyridine rings is 2. The van der Waals surface area contributed by atoms with Crippen LogP contribution >= 0.6 is 11.6 Å². The zero-order chi connectivity index (χ0) is 17.9. The second-order valence-corrected chi connectivity index (χ2v) is 7.37. The second kappa shape index (κ2) is 7.60. The molecule has 1 unspecified atom stereocenters. The number of aromatic nitrogens is 2. The predicted molar refractivity (Wildman–Crippen MR) is 104 cm³/mol. The summed E-state index contributed by atoms with van der Waals surface area (Å²) in [6.45, 7) is 0. The van der Waals surface area contributed by atoms with E-state index in [9.17, 15) is 0 Å². The minimum absolute atomic E-state index is 0.0655. The Bertz CT molecular complexity index is 879. The van der Waals surface area contributed by atoms with Gasteiger partial charge in [-0.25, -0.2) is 0 Å². The van der Waals surface area contributed by atoms with Crippen LogP contribution in [0.4, 0.5) is 0 Å². The average Bonchev–Trinajstić information content (AvgIpc) is 2.69. The molecule has 2 N–H and O–H groups in total. The van der Waals surface area contributed by atoms with E-state index >= 15 is 0 Å². The average molecular weight is 368 g/mol. The van der Waals surface area contributed by atoms with E-state index in [1.165, 1.54) is 0 Å². The molecule has 134 valence electrons. The van der Waals surface area contributed by atoms with E-state index in [0.29, 0.717) is 10.9 Å². The Morgan fingerprint density at radius 2 is 1.69 bits per heavy atom. The molecular formula is C21H22ClN3O. The summed E-state index contributed by atoms with van der Waals surface area (Å²) in [4.78, 5) is 8.20. The molecule has 2 heterocycles. The molecule has 1 aromatic carbocycles. The third kappa shape index (κ3) is 3.67. The standard InChI is InChI=1S/C21H22ClN3O/c22-19-11-17-13-25-10-7-16(17)12-20(19)26-18-3-1-14(2-4-18)21(23)15-5-8-24-9-6-15/h5-14,18,21H,1-4,23H2/t14-,18+,21?. The molecule has 4 nitrogen and oxygen atoms in total. The quantitative estimate of drug-likeness (QED) is 0.710. The van der Waals surface area contributed by atoms with E-state index in [0.717, 1.165) is 47.8 Å². The maximum absolute atomic E-state index is 6.46. The zero-order valence-corrected chi connectivity index (χ0v) is 15.3. The van der Waals surface area contributed by atoms with Crippen molar-refractivity contribution in [3.8, 4) is 5.75 Å². The summed E-state index contributed by atoms with van der Waals surface area (Å²) >= 11 is 6.40. The fraction of sp³-hybridized carbons (Fsp3) is 0.333. The largest absolute Gasteiger partial charge is 0.489 e. The van der Waals surface area contributed by atoms with Crippen LogP contribution in [-0.4, -0.2) is 16.1 Å². The highest BCUT2D eigenvalue weighted by Gasteiger charge is 2.27. The van der Waals surface area contributed by atoms with Gasteiger partial charge in [-0.2, -0.15) is 0 Å². The molecule has 4 rings (SSSR count). The number of benzene rings is 1. The number of fused-ring (bicyclic) bond motifs is 1. The number of hydrogen-bond donors (Lipinski definition) is 1. The van der Waals surface area contributed by atoms with Gasteiger partial charge < -0.3 is 10.5 Å². The fourth-order valence-corrected chi connectivity index (χ4v) is 4.00. The molecule has 0 bridgehead atoms. The first-order valence-corrected chi connectivity index (χ1v) is 9.44. The van der Waals surface area contributed by atoms with Gasteiger partial charge in [0.25, 0.3) is 0 Å². The van der Waals surface area contributed by atoms with Crippen molar-refractivity contribution in [2.75, 3.05) is 0 Å². The third-order valence-electron chi connectivity index (χ3n) is 5.30. The van der Waals surface area contributed by atoms with E-state index < -0.39 is 0 Å². The van der Waals surface area contributed by atoms with Gasteiger partial charge in [-0.3, -0.25) is 9.97 Å². The number of hydrogen-bond acceptors (Lipinski definition) is 4. The fourth-order valence-electron chi connectivity index (χ4n) is 3.78. The third-order valence-corrected chi connectivity index (χ3v) is 5.60. The van der Waals surface area contributed by atoms with Crippen molar-refractivity contribution in [2.45, 2.75) is 37.8 Å². The van der Waals surface area contributed by atoms with Gasteiger partial charge in [-0.05, 0) is 72.9 Å². The number of nitrogens with zero attached hydrogens (tertiary/aromatic N) is 2. The highest BCUT2D eigenvalue weighted by Crippen LogP contribution is 2.37. The van der Waals surface area contributed by atoms with E-state index in [2.05, 4.69) is 9.97 Å². The van der Waals surface area contributed by atoms with Crippen molar-refractivity contribution >= 4 is 22.4 Å². The first-order valence-electron chi connectivity index (χ1n) is 9.06. The van der Waals surface area contributed by atoms with Crippen LogP contribution in [-0.2, 0) is 0 Å². The molecule has 0 saturated heterocycles. The van der Waals surface area contributed by atoms with Crippen LogP contribution in [0.25, 0.3) is 10.8 Å². The van der Waals surface area contributed by atoms with Crippen LogP contribution in [0.15, 0.2) is 55.1 Å². The lowest BCUT2D eigenvalue weighted by Gasteiger charge is -2.32. The lowest BCUT2D eigenvalue weighted by molar-refractivity contribution is 0.123. The first-order chi connectivity index (χ1) is 12.7. The molecule has 1 atom stereocenters. The summed E-state index contributed by atoms with van der Waals surface area (Å²) in [6, 6.07) is 9.99. The van der Waals surface area contributed by atoms with E-state index in [1.807, 2.05) is 36.5 Å². The normalized spacial score (nSPS) is 21.5. The summed E-state index contributed by atoms with van der Waals surface area (Å²) in [6.07, 6.45) is 11.5. The van der Waals surface area contributed by atoms with E-state index in [-0.39, 0.29) is 12.1 Å². The Hall–Kier alpha value is -2.17. The predicted octanol–water partition coefficient (Wildman–Crippen LogP) is 4.92. The monoisotopic (exact) mass is 367 g/mol. The van der Waals surface area contributed by atoms with Crippen molar-refractivity contribution in [1.82, 2.24) is 9.97 Å². The molecule has 1 saturated carbocycles. The highest BCUT2D eigenvalue weighted by molar-refractivity contribution is 6.32. The summed E-state index contributed by atoms with van der Waals surface area (Å²) in [5.41, 5.74) is 7.62. The summed E-state index contributed by atoms with van der Waals surface area (Å²) in [5, 5.41) is 2.76. The topological polar surface area (TPSA) is 61.0 Å². The SMILES string of the molecule is NC(c1ccncc1)[C@H]1CC[C@@H](Oc2cc3ccncc3cc2Cl)CC1. The lowest BCUT2D eigenvalue weighted by Crippen LogP contribution is -2.30. The van der Waals surface area contributed by atoms with Gasteiger partial charge in [-0.15, -0.1) is 0 Å². The minimum Gasteiger partial charge on any atom is -0.489 e. The van der Waals surface area contributed by atoms with Crippen molar-refractivity contribution in [1.29, 1.82) is 0 Å². The summed E-state index contributed by atoms with van der Waals surface area (Å²) in [7, 11) is 0. The zero-order valence-electron chi connectivity index (χ0n) is 14.5. The van der Waals surface area contributed by atoms with Gasteiger partial charge in [0.2, 0.25) is 0 Å². The smallest absolute Gasteiger partial charge is 0.138 e. The molecule has 1 aliphatic carbocycles. The molecule has 1 aliphatic rings. The summed E-state index contributed by atoms with van der Waals surface area (Å²) in [5.74, 6) is 1.24. The molecule has 26 heavy (non-hydrogen) atoms. The Balaban J connectivity index is 1.40. The molecule has 0 radical (unpaired) electrons. The Kier molecular flexibility index (Phi) is 5.05. The molecule has 1 fully saturated rings. The second-order valence-electron chi connectivity index (χ2n) is 6.97. The van der Waals surface area contributed by atoms with Crippen molar-refractivity contribution < 1.29 is 4.74 Å². The van der Waals surface area contributed by atoms with Crippen LogP contribution in [0, 0.1) is 5.92 Å². The Labute approximate surface area is 158 Å². The van der Waals surface area contributed by atoms with Crippen molar-refractivity contribution in [2.24, 2.45) is 11.7 Å². The Morgan fingerprint density at radius 1 is 0.962 bits per heavy atom. The van der Waals surface area contributed by atoms with Gasteiger partial charge in [0.05, 0.1) is 11.1 Å². The van der Waals surface area contributed by atoms with Gasteiger partial charge in [-0.1, -0.05) is 11.6 Å². The molecule has 2 aromatic heterocycles. The molecule has 0 spiro atoms. The minimum atomic E-state index is 0.0655. The number of halogens is 1. The number of ether oxygens (including phenoxy) is 1.